The van der Waals surface area contributed by atoms with E-state index in [0.717, 1.165) is 12.1 Å². The average molecular weight is 366 g/mol. The van der Waals surface area contributed by atoms with Gasteiger partial charge in [-0.05, 0) is 24.3 Å². The van der Waals surface area contributed by atoms with Gasteiger partial charge in [-0.15, -0.1) is 0 Å². The molecule has 0 bridgehead atoms. The van der Waals surface area contributed by atoms with Crippen LogP contribution in [0.3, 0.4) is 0 Å². The molecule has 7 nitrogen and oxygen atoms in total. The summed E-state index contributed by atoms with van der Waals surface area (Å²) in [6, 6.07) is 9.76. The fourth-order valence-corrected chi connectivity index (χ4v) is 2.28. The normalized spacial score (nSPS) is 10.2. The quantitative estimate of drug-likeness (QED) is 0.649. The lowest BCUT2D eigenvalue weighted by molar-refractivity contribution is -0.384. The number of nitrogens with zero attached hydrogens (tertiary/aromatic N) is 2. The van der Waals surface area contributed by atoms with Gasteiger partial charge in [0.05, 0.1) is 16.2 Å². The van der Waals surface area contributed by atoms with E-state index in [1.54, 1.807) is 18.2 Å². The van der Waals surface area contributed by atoms with Crippen LogP contribution in [0.5, 0.6) is 0 Å². The van der Waals surface area contributed by atoms with Crippen molar-refractivity contribution in [2.45, 2.75) is 0 Å². The van der Waals surface area contributed by atoms with E-state index in [2.05, 4.69) is 5.32 Å². The summed E-state index contributed by atoms with van der Waals surface area (Å²) < 4.78 is 12.5. The van der Waals surface area contributed by atoms with Crippen molar-refractivity contribution in [2.24, 2.45) is 0 Å². The molecule has 130 valence electrons. The number of alkyl halides is 1. The smallest absolute Gasteiger partial charge is 0.270 e. The SMILES string of the molecule is CN(C(=O)c1cc([N+](=O)[O-])ccc1NC(=O)CF)c1cccc(Cl)c1. The molecule has 25 heavy (non-hydrogen) atoms. The largest absolute Gasteiger partial charge is 0.323 e. The molecule has 0 saturated carbocycles. The maximum absolute atomic E-state index is 12.7. The Bertz CT molecular complexity index is 844. The molecular weight excluding hydrogens is 353 g/mol. The highest BCUT2D eigenvalue weighted by atomic mass is 35.5. The van der Waals surface area contributed by atoms with Crippen LogP contribution in [0.2, 0.25) is 5.02 Å². The van der Waals surface area contributed by atoms with E-state index < -0.39 is 23.4 Å². The number of anilines is 2. The molecule has 0 atom stereocenters. The Balaban J connectivity index is 2.46. The van der Waals surface area contributed by atoms with Crippen LogP contribution in [0, 0.1) is 10.1 Å². The molecule has 0 aromatic heterocycles. The second-order valence-electron chi connectivity index (χ2n) is 5.01. The summed E-state index contributed by atoms with van der Waals surface area (Å²) >= 11 is 5.90. The second kappa shape index (κ2) is 7.71. The first-order chi connectivity index (χ1) is 11.8. The topological polar surface area (TPSA) is 92.6 Å². The van der Waals surface area contributed by atoms with Gasteiger partial charge in [-0.25, -0.2) is 4.39 Å². The molecule has 0 radical (unpaired) electrons. The zero-order valence-corrected chi connectivity index (χ0v) is 13.8. The van der Waals surface area contributed by atoms with E-state index in [0.29, 0.717) is 10.7 Å². The van der Waals surface area contributed by atoms with Crippen molar-refractivity contribution in [1.82, 2.24) is 0 Å². The lowest BCUT2D eigenvalue weighted by Crippen LogP contribution is -2.28. The molecule has 2 aromatic carbocycles. The van der Waals surface area contributed by atoms with Gasteiger partial charge >= 0.3 is 0 Å². The molecule has 0 heterocycles. The Morgan fingerprint density at radius 3 is 2.60 bits per heavy atom. The molecule has 1 N–H and O–H groups in total. The summed E-state index contributed by atoms with van der Waals surface area (Å²) in [5, 5.41) is 13.6. The fourth-order valence-electron chi connectivity index (χ4n) is 2.10. The first-order valence-corrected chi connectivity index (χ1v) is 7.39. The van der Waals surface area contributed by atoms with E-state index in [1.807, 2.05) is 0 Å². The molecule has 2 rings (SSSR count). The Kier molecular flexibility index (Phi) is 5.66. The van der Waals surface area contributed by atoms with E-state index in [9.17, 15) is 24.1 Å². The summed E-state index contributed by atoms with van der Waals surface area (Å²) in [6.07, 6.45) is 0. The van der Waals surface area contributed by atoms with Crippen LogP contribution in [-0.2, 0) is 4.79 Å². The van der Waals surface area contributed by atoms with Crippen molar-refractivity contribution in [2.75, 3.05) is 23.9 Å². The standard InChI is InChI=1S/C16H13ClFN3O4/c1-20(11-4-2-3-10(17)7-11)16(23)13-8-12(21(24)25)5-6-14(13)19-15(22)9-18/h2-8H,9H2,1H3,(H,19,22). The third-order valence-electron chi connectivity index (χ3n) is 3.34. The van der Waals surface area contributed by atoms with E-state index in [1.165, 1.54) is 24.1 Å². The number of carbonyl (C=O) groups is 2. The second-order valence-corrected chi connectivity index (χ2v) is 5.45. The minimum atomic E-state index is -1.28. The van der Waals surface area contributed by atoms with Crippen LogP contribution in [0.25, 0.3) is 0 Å². The molecule has 0 aliphatic carbocycles. The maximum atomic E-state index is 12.7. The maximum Gasteiger partial charge on any atom is 0.270 e. The van der Waals surface area contributed by atoms with Crippen molar-refractivity contribution in [3.63, 3.8) is 0 Å². The van der Waals surface area contributed by atoms with Gasteiger partial charge in [0.2, 0.25) is 0 Å². The van der Waals surface area contributed by atoms with Gasteiger partial charge in [0.15, 0.2) is 6.67 Å². The van der Waals surface area contributed by atoms with Crippen molar-refractivity contribution in [3.8, 4) is 0 Å². The summed E-state index contributed by atoms with van der Waals surface area (Å²) in [6.45, 7) is -1.28. The minimum Gasteiger partial charge on any atom is -0.323 e. The highest BCUT2D eigenvalue weighted by Crippen LogP contribution is 2.26. The number of hydrogen-bond acceptors (Lipinski definition) is 4. The van der Waals surface area contributed by atoms with Crippen LogP contribution in [0.4, 0.5) is 21.5 Å². The molecule has 2 amide bonds. The highest BCUT2D eigenvalue weighted by molar-refractivity contribution is 6.31. The Morgan fingerprint density at radius 2 is 2.00 bits per heavy atom. The van der Waals surface area contributed by atoms with Crippen LogP contribution < -0.4 is 10.2 Å². The number of benzene rings is 2. The molecule has 0 fully saturated rings. The van der Waals surface area contributed by atoms with Crippen molar-refractivity contribution < 1.29 is 18.9 Å². The van der Waals surface area contributed by atoms with Gasteiger partial charge in [0.25, 0.3) is 17.5 Å². The number of rotatable bonds is 5. The van der Waals surface area contributed by atoms with Crippen LogP contribution in [0.15, 0.2) is 42.5 Å². The highest BCUT2D eigenvalue weighted by Gasteiger charge is 2.22. The van der Waals surface area contributed by atoms with Gasteiger partial charge in [0, 0.05) is 29.9 Å². The number of amides is 2. The minimum absolute atomic E-state index is 0.0212. The summed E-state index contributed by atoms with van der Waals surface area (Å²) in [4.78, 5) is 35.5. The third kappa shape index (κ3) is 4.30. The van der Waals surface area contributed by atoms with E-state index >= 15 is 0 Å². The first kappa shape index (κ1) is 18.3. The Labute approximate surface area is 147 Å². The molecule has 2 aromatic rings. The average Bonchev–Trinajstić information content (AvgIpc) is 2.60. The van der Waals surface area contributed by atoms with Gasteiger partial charge in [0.1, 0.15) is 0 Å². The number of nitrogens with one attached hydrogen (secondary N) is 1. The van der Waals surface area contributed by atoms with Crippen molar-refractivity contribution >= 4 is 40.5 Å². The lowest BCUT2D eigenvalue weighted by atomic mass is 10.1. The lowest BCUT2D eigenvalue weighted by Gasteiger charge is -2.19. The zero-order chi connectivity index (χ0) is 18.6. The molecule has 0 aliphatic rings. The fraction of sp³-hybridized carbons (Fsp3) is 0.125. The third-order valence-corrected chi connectivity index (χ3v) is 3.58. The van der Waals surface area contributed by atoms with Gasteiger partial charge < -0.3 is 10.2 Å². The van der Waals surface area contributed by atoms with Gasteiger partial charge in [-0.3, -0.25) is 19.7 Å². The number of nitro groups is 1. The monoisotopic (exact) mass is 365 g/mol. The van der Waals surface area contributed by atoms with Crippen LogP contribution in [-0.4, -0.2) is 30.5 Å². The molecule has 0 unspecified atom stereocenters. The van der Waals surface area contributed by atoms with Crippen molar-refractivity contribution in [1.29, 1.82) is 0 Å². The molecule has 0 spiro atoms. The number of halogens is 2. The molecular formula is C16H13ClFN3O4. The van der Waals surface area contributed by atoms with Crippen LogP contribution in [0.1, 0.15) is 10.4 Å². The van der Waals surface area contributed by atoms with E-state index in [4.69, 9.17) is 11.6 Å². The number of non-ortho nitro benzene ring substituents is 1. The van der Waals surface area contributed by atoms with E-state index in [-0.39, 0.29) is 16.9 Å². The number of hydrogen-bond donors (Lipinski definition) is 1. The predicted octanol–water partition coefficient (Wildman–Crippen LogP) is 3.43. The molecule has 0 saturated heterocycles. The summed E-state index contributed by atoms with van der Waals surface area (Å²) in [7, 11) is 1.45. The number of nitro benzene ring substituents is 1. The molecule has 0 aliphatic heterocycles. The van der Waals surface area contributed by atoms with Crippen LogP contribution >= 0.6 is 11.6 Å². The summed E-state index contributed by atoms with van der Waals surface area (Å²) in [5.41, 5.74) is -0.0431. The Hall–Kier alpha value is -3.00. The van der Waals surface area contributed by atoms with Gasteiger partial charge in [-0.2, -0.15) is 0 Å². The predicted molar refractivity (Wildman–Crippen MR) is 91.9 cm³/mol. The number of carbonyl (C=O) groups excluding carboxylic acids is 2. The zero-order valence-electron chi connectivity index (χ0n) is 13.0. The van der Waals surface area contributed by atoms with Gasteiger partial charge in [-0.1, -0.05) is 17.7 Å². The first-order valence-electron chi connectivity index (χ1n) is 7.01. The Morgan fingerprint density at radius 1 is 1.28 bits per heavy atom. The summed E-state index contributed by atoms with van der Waals surface area (Å²) in [5.74, 6) is -1.59. The van der Waals surface area contributed by atoms with Crippen molar-refractivity contribution in [3.05, 3.63) is 63.2 Å². The molecule has 9 heteroatoms.